The van der Waals surface area contributed by atoms with Crippen LogP contribution in [0.4, 0.5) is 17.1 Å². The maximum atomic E-state index is 6.58. The standard InChI is InChI=1S/C53H35N3O/c1-4-15-40(16-5-1)55(41-17-6-2-7-18-41)43-28-29-49(54-35-43)39-32-37(31-38(33-39)44-23-14-24-47-46-22-11-13-26-52(46)57-53(44)47)36-27-30-51-48(34-36)45-21-10-12-25-50(45)56(51)42-19-8-3-9-20-42/h1-35H. The number of furan rings is 1. The first-order valence-corrected chi connectivity index (χ1v) is 19.3. The van der Waals surface area contributed by atoms with Crippen LogP contribution in [0.3, 0.4) is 0 Å². The molecule has 0 fully saturated rings. The highest BCUT2D eigenvalue weighted by atomic mass is 16.3. The highest BCUT2D eigenvalue weighted by Crippen LogP contribution is 2.41. The molecule has 4 heteroatoms. The van der Waals surface area contributed by atoms with Crippen molar-refractivity contribution >= 4 is 60.8 Å². The number of pyridine rings is 1. The highest BCUT2D eigenvalue weighted by Gasteiger charge is 2.18. The molecule has 0 aliphatic carbocycles. The maximum Gasteiger partial charge on any atom is 0.143 e. The van der Waals surface area contributed by atoms with E-state index in [1.807, 2.05) is 30.5 Å². The van der Waals surface area contributed by atoms with Crippen molar-refractivity contribution in [1.82, 2.24) is 9.55 Å². The zero-order chi connectivity index (χ0) is 37.7. The number of nitrogens with zero attached hydrogens (tertiary/aromatic N) is 3. The molecule has 268 valence electrons. The molecule has 4 nitrogen and oxygen atoms in total. The van der Waals surface area contributed by atoms with Crippen LogP contribution in [0.15, 0.2) is 217 Å². The average Bonchev–Trinajstić information content (AvgIpc) is 3.83. The van der Waals surface area contributed by atoms with Crippen LogP contribution in [0, 0.1) is 0 Å². The van der Waals surface area contributed by atoms with Crippen LogP contribution in [0.1, 0.15) is 0 Å². The Hall–Kier alpha value is -7.69. The molecule has 11 rings (SSSR count). The second-order valence-electron chi connectivity index (χ2n) is 14.4. The van der Waals surface area contributed by atoms with Gasteiger partial charge in [-0.15, -0.1) is 0 Å². The Morgan fingerprint density at radius 2 is 1.04 bits per heavy atom. The largest absolute Gasteiger partial charge is 0.455 e. The molecule has 0 N–H and O–H groups in total. The lowest BCUT2D eigenvalue weighted by molar-refractivity contribution is 0.670. The summed E-state index contributed by atoms with van der Waals surface area (Å²) in [6, 6.07) is 72.9. The van der Waals surface area contributed by atoms with Gasteiger partial charge in [-0.3, -0.25) is 4.98 Å². The van der Waals surface area contributed by atoms with Crippen LogP contribution in [0.25, 0.3) is 82.9 Å². The first-order chi connectivity index (χ1) is 28.3. The van der Waals surface area contributed by atoms with E-state index in [4.69, 9.17) is 9.40 Å². The van der Waals surface area contributed by atoms with E-state index in [2.05, 4.69) is 191 Å². The summed E-state index contributed by atoms with van der Waals surface area (Å²) < 4.78 is 8.94. The van der Waals surface area contributed by atoms with E-state index >= 15 is 0 Å². The topological polar surface area (TPSA) is 34.2 Å². The molecule has 0 aliphatic rings. The molecule has 0 spiro atoms. The fourth-order valence-electron chi connectivity index (χ4n) is 8.37. The molecular formula is C53H35N3O. The van der Waals surface area contributed by atoms with E-state index in [0.29, 0.717) is 0 Å². The first kappa shape index (κ1) is 32.7. The monoisotopic (exact) mass is 729 g/mol. The highest BCUT2D eigenvalue weighted by molar-refractivity contribution is 6.11. The predicted molar refractivity (Wildman–Crippen MR) is 237 cm³/mol. The Bertz CT molecular complexity index is 3180. The molecule has 57 heavy (non-hydrogen) atoms. The van der Waals surface area contributed by atoms with E-state index in [9.17, 15) is 0 Å². The lowest BCUT2D eigenvalue weighted by atomic mass is 9.93. The zero-order valence-corrected chi connectivity index (χ0v) is 31.0. The van der Waals surface area contributed by atoms with Gasteiger partial charge in [0.15, 0.2) is 0 Å². The van der Waals surface area contributed by atoms with E-state index in [-0.39, 0.29) is 0 Å². The molecule has 3 heterocycles. The van der Waals surface area contributed by atoms with Crippen molar-refractivity contribution in [2.75, 3.05) is 4.90 Å². The minimum atomic E-state index is 0.882. The maximum absolute atomic E-state index is 6.58. The third kappa shape index (κ3) is 5.66. The van der Waals surface area contributed by atoms with Crippen molar-refractivity contribution in [2.24, 2.45) is 0 Å². The van der Waals surface area contributed by atoms with Crippen LogP contribution >= 0.6 is 0 Å². The van der Waals surface area contributed by atoms with Gasteiger partial charge in [-0.2, -0.15) is 0 Å². The molecule has 11 aromatic rings. The SMILES string of the molecule is c1ccc(N(c2ccccc2)c2ccc(-c3cc(-c4ccc5c(c4)c4ccccc4n5-c4ccccc4)cc(-c4cccc5c4oc4ccccc45)c3)nc2)cc1. The molecule has 0 unspecified atom stereocenters. The third-order valence-corrected chi connectivity index (χ3v) is 11.0. The molecule has 0 amide bonds. The Morgan fingerprint density at radius 3 is 1.79 bits per heavy atom. The van der Waals surface area contributed by atoms with Crippen molar-refractivity contribution in [3.63, 3.8) is 0 Å². The Kier molecular flexibility index (Phi) is 7.78. The lowest BCUT2D eigenvalue weighted by Gasteiger charge is -2.25. The number of rotatable bonds is 7. The van der Waals surface area contributed by atoms with Crippen LogP contribution in [0.2, 0.25) is 0 Å². The van der Waals surface area contributed by atoms with Gasteiger partial charge < -0.3 is 13.9 Å². The molecule has 0 saturated carbocycles. The summed E-state index contributed by atoms with van der Waals surface area (Å²) in [5, 5.41) is 4.65. The number of aromatic nitrogens is 2. The van der Waals surface area contributed by atoms with Gasteiger partial charge in [-0.05, 0) is 108 Å². The van der Waals surface area contributed by atoms with Crippen LogP contribution in [-0.2, 0) is 0 Å². The van der Waals surface area contributed by atoms with E-state index in [0.717, 1.165) is 78.2 Å². The second kappa shape index (κ2) is 13.6. The summed E-state index contributed by atoms with van der Waals surface area (Å²) in [7, 11) is 0. The van der Waals surface area contributed by atoms with Crippen molar-refractivity contribution < 1.29 is 4.42 Å². The molecule has 0 bridgehead atoms. The zero-order valence-electron chi connectivity index (χ0n) is 31.0. The minimum absolute atomic E-state index is 0.882. The summed E-state index contributed by atoms with van der Waals surface area (Å²) >= 11 is 0. The van der Waals surface area contributed by atoms with Gasteiger partial charge in [0.25, 0.3) is 0 Å². The second-order valence-corrected chi connectivity index (χ2v) is 14.4. The van der Waals surface area contributed by atoms with Gasteiger partial charge in [-0.25, -0.2) is 0 Å². The molecule has 0 atom stereocenters. The van der Waals surface area contributed by atoms with Gasteiger partial charge in [0, 0.05) is 49.7 Å². The summed E-state index contributed by atoms with van der Waals surface area (Å²) in [4.78, 5) is 7.38. The van der Waals surface area contributed by atoms with E-state index < -0.39 is 0 Å². The summed E-state index contributed by atoms with van der Waals surface area (Å²) in [6.45, 7) is 0. The fraction of sp³-hybridized carbons (Fsp3) is 0. The number of anilines is 3. The number of para-hydroxylation sites is 6. The fourth-order valence-corrected chi connectivity index (χ4v) is 8.37. The normalized spacial score (nSPS) is 11.5. The van der Waals surface area contributed by atoms with Crippen molar-refractivity contribution in [1.29, 1.82) is 0 Å². The van der Waals surface area contributed by atoms with Crippen molar-refractivity contribution in [2.45, 2.75) is 0 Å². The molecular weight excluding hydrogens is 695 g/mol. The van der Waals surface area contributed by atoms with Crippen LogP contribution in [-0.4, -0.2) is 9.55 Å². The Morgan fingerprint density at radius 1 is 0.404 bits per heavy atom. The Balaban J connectivity index is 1.09. The van der Waals surface area contributed by atoms with Gasteiger partial charge in [-0.1, -0.05) is 115 Å². The predicted octanol–water partition coefficient (Wildman–Crippen LogP) is 14.5. The number of benzene rings is 8. The first-order valence-electron chi connectivity index (χ1n) is 19.3. The molecule has 0 radical (unpaired) electrons. The average molecular weight is 730 g/mol. The molecule has 3 aromatic heterocycles. The quantitative estimate of drug-likeness (QED) is 0.164. The number of hydrogen-bond donors (Lipinski definition) is 0. The molecule has 0 aliphatic heterocycles. The van der Waals surface area contributed by atoms with Gasteiger partial charge in [0.05, 0.1) is 28.6 Å². The number of hydrogen-bond acceptors (Lipinski definition) is 3. The van der Waals surface area contributed by atoms with Crippen molar-refractivity contribution in [3.05, 3.63) is 212 Å². The van der Waals surface area contributed by atoms with Gasteiger partial charge >= 0.3 is 0 Å². The minimum Gasteiger partial charge on any atom is -0.455 e. The smallest absolute Gasteiger partial charge is 0.143 e. The summed E-state index contributed by atoms with van der Waals surface area (Å²) in [5.41, 5.74) is 14.7. The van der Waals surface area contributed by atoms with Crippen LogP contribution in [0.5, 0.6) is 0 Å². The third-order valence-electron chi connectivity index (χ3n) is 11.0. The molecule has 8 aromatic carbocycles. The van der Waals surface area contributed by atoms with Crippen molar-refractivity contribution in [3.8, 4) is 39.2 Å². The summed E-state index contributed by atoms with van der Waals surface area (Å²) in [5.74, 6) is 0. The van der Waals surface area contributed by atoms with E-state index in [1.54, 1.807) is 0 Å². The molecule has 0 saturated heterocycles. The number of fused-ring (bicyclic) bond motifs is 6. The lowest BCUT2D eigenvalue weighted by Crippen LogP contribution is -2.10. The van der Waals surface area contributed by atoms with E-state index in [1.165, 1.54) is 21.8 Å². The van der Waals surface area contributed by atoms with Gasteiger partial charge in [0.1, 0.15) is 11.2 Å². The summed E-state index contributed by atoms with van der Waals surface area (Å²) in [6.07, 6.45) is 1.98. The van der Waals surface area contributed by atoms with Crippen LogP contribution < -0.4 is 4.90 Å². The Labute approximate surface area is 330 Å². The van der Waals surface area contributed by atoms with Gasteiger partial charge in [0.2, 0.25) is 0 Å².